The minimum atomic E-state index is -0.0415. The molecule has 0 bridgehead atoms. The number of amides is 1. The Balaban J connectivity index is 1.58. The Morgan fingerprint density at radius 2 is 2.04 bits per heavy atom. The Morgan fingerprint density at radius 3 is 2.83 bits per heavy atom. The van der Waals surface area contributed by atoms with Gasteiger partial charge >= 0.3 is 0 Å². The Labute approximate surface area is 145 Å². The van der Waals surface area contributed by atoms with Gasteiger partial charge in [-0.2, -0.15) is 0 Å². The van der Waals surface area contributed by atoms with E-state index in [4.69, 9.17) is 4.42 Å². The molecule has 0 saturated carbocycles. The molecule has 0 atom stereocenters. The number of carbonyl (C=O) groups excluding carboxylic acids is 1. The highest BCUT2D eigenvalue weighted by Crippen LogP contribution is 2.27. The number of para-hydroxylation sites is 1. The lowest BCUT2D eigenvalue weighted by atomic mass is 10.1. The summed E-state index contributed by atoms with van der Waals surface area (Å²) in [5, 5.41) is 3.67. The van der Waals surface area contributed by atoms with E-state index < -0.39 is 0 Å². The van der Waals surface area contributed by atoms with Crippen molar-refractivity contribution < 1.29 is 9.21 Å². The lowest BCUT2D eigenvalue weighted by Gasteiger charge is -2.08. The zero-order chi connectivity index (χ0) is 16.8. The minimum Gasteiger partial charge on any atom is -0.450 e. The molecule has 0 aliphatic rings. The van der Waals surface area contributed by atoms with E-state index in [1.165, 1.54) is 11.8 Å². The van der Waals surface area contributed by atoms with E-state index in [0.29, 0.717) is 10.8 Å². The predicted molar refractivity (Wildman–Crippen MR) is 97.1 cm³/mol. The monoisotopic (exact) mass is 338 g/mol. The molecule has 4 nitrogen and oxygen atoms in total. The summed E-state index contributed by atoms with van der Waals surface area (Å²) in [7, 11) is 0. The third-order valence-corrected chi connectivity index (χ3v) is 4.46. The van der Waals surface area contributed by atoms with E-state index >= 15 is 0 Å². The number of nitrogens with one attached hydrogen (secondary N) is 1. The molecule has 0 aliphatic heterocycles. The average Bonchev–Trinajstić information content (AvgIpc) is 3.10. The molecule has 0 spiro atoms. The third kappa shape index (κ3) is 4.06. The summed E-state index contributed by atoms with van der Waals surface area (Å²) in [6.07, 6.45) is 4.36. The van der Waals surface area contributed by atoms with Crippen molar-refractivity contribution in [3.63, 3.8) is 0 Å². The summed E-state index contributed by atoms with van der Waals surface area (Å²) >= 11 is 1.38. The van der Waals surface area contributed by atoms with E-state index in [-0.39, 0.29) is 5.91 Å². The fraction of sp³-hybridized carbons (Fsp3) is 0.158. The van der Waals surface area contributed by atoms with Gasteiger partial charge in [0.15, 0.2) is 5.09 Å². The average molecular weight is 338 g/mol. The minimum absolute atomic E-state index is 0.0415. The maximum Gasteiger partial charge on any atom is 0.234 e. The van der Waals surface area contributed by atoms with Gasteiger partial charge in [0, 0.05) is 23.6 Å². The number of pyridine rings is 1. The second kappa shape index (κ2) is 7.84. The van der Waals surface area contributed by atoms with Crippen molar-refractivity contribution in [1.29, 1.82) is 0 Å². The Kier molecular flexibility index (Phi) is 5.33. The first-order valence-corrected chi connectivity index (χ1v) is 8.75. The van der Waals surface area contributed by atoms with E-state index in [1.807, 2.05) is 48.5 Å². The van der Waals surface area contributed by atoms with Gasteiger partial charge in [-0.25, -0.2) is 0 Å². The van der Waals surface area contributed by atoms with Gasteiger partial charge in [0.2, 0.25) is 5.91 Å². The van der Waals surface area contributed by atoms with Crippen LogP contribution in [-0.4, -0.2) is 16.6 Å². The van der Waals surface area contributed by atoms with Crippen molar-refractivity contribution in [2.24, 2.45) is 0 Å². The number of rotatable bonds is 6. The Bertz CT molecular complexity index is 815. The van der Waals surface area contributed by atoms with Gasteiger partial charge in [0.05, 0.1) is 5.75 Å². The molecule has 1 amide bonds. The topological polar surface area (TPSA) is 55.1 Å². The number of hydrogen-bond donors (Lipinski definition) is 1. The van der Waals surface area contributed by atoms with Crippen molar-refractivity contribution in [3.05, 3.63) is 66.5 Å². The molecule has 122 valence electrons. The molecule has 2 aromatic heterocycles. The van der Waals surface area contributed by atoms with Crippen molar-refractivity contribution in [2.45, 2.75) is 18.4 Å². The van der Waals surface area contributed by atoms with Crippen molar-refractivity contribution >= 4 is 23.4 Å². The van der Waals surface area contributed by atoms with Gasteiger partial charge in [-0.05, 0) is 42.3 Å². The van der Waals surface area contributed by atoms with Gasteiger partial charge in [-0.3, -0.25) is 9.78 Å². The van der Waals surface area contributed by atoms with E-state index in [1.54, 1.807) is 12.4 Å². The second-order valence-corrected chi connectivity index (χ2v) is 6.19. The highest BCUT2D eigenvalue weighted by molar-refractivity contribution is 7.99. The molecule has 0 fully saturated rings. The number of benzene rings is 1. The normalized spacial score (nSPS) is 10.5. The SMILES string of the molecule is CCc1ccccc1NC(=O)CSc1ccc(-c2cccnc2)o1. The van der Waals surface area contributed by atoms with Crippen LogP contribution in [0.3, 0.4) is 0 Å². The molecule has 0 radical (unpaired) electrons. The molecule has 5 heteroatoms. The maximum absolute atomic E-state index is 12.1. The van der Waals surface area contributed by atoms with Crippen LogP contribution in [0.15, 0.2) is 70.4 Å². The largest absolute Gasteiger partial charge is 0.450 e. The standard InChI is InChI=1S/C19H18N2O2S/c1-2-14-6-3-4-8-16(14)21-18(22)13-24-19-10-9-17(23-19)15-7-5-11-20-12-15/h3-12H,2,13H2,1H3,(H,21,22). The summed E-state index contributed by atoms with van der Waals surface area (Å²) in [5.74, 6) is 1.01. The zero-order valence-electron chi connectivity index (χ0n) is 13.4. The van der Waals surface area contributed by atoms with Crippen molar-refractivity contribution in [1.82, 2.24) is 4.98 Å². The number of carbonyl (C=O) groups is 1. The molecule has 2 heterocycles. The Hall–Kier alpha value is -2.53. The first-order chi connectivity index (χ1) is 11.8. The van der Waals surface area contributed by atoms with Crippen LogP contribution in [0, 0.1) is 0 Å². The van der Waals surface area contributed by atoms with Gasteiger partial charge in [0.1, 0.15) is 5.76 Å². The molecule has 0 aliphatic carbocycles. The van der Waals surface area contributed by atoms with Crippen LogP contribution in [0.4, 0.5) is 5.69 Å². The maximum atomic E-state index is 12.1. The molecular weight excluding hydrogens is 320 g/mol. The van der Waals surface area contributed by atoms with Crippen LogP contribution in [0.25, 0.3) is 11.3 Å². The summed E-state index contributed by atoms with van der Waals surface area (Å²) in [4.78, 5) is 16.2. The van der Waals surface area contributed by atoms with Crippen LogP contribution in [0.1, 0.15) is 12.5 Å². The smallest absolute Gasteiger partial charge is 0.234 e. The second-order valence-electron chi connectivity index (χ2n) is 5.21. The van der Waals surface area contributed by atoms with Crippen LogP contribution in [0.5, 0.6) is 0 Å². The molecule has 3 aromatic rings. The quantitative estimate of drug-likeness (QED) is 0.666. The van der Waals surface area contributed by atoms with Crippen LogP contribution >= 0.6 is 11.8 Å². The number of thioether (sulfide) groups is 1. The number of aromatic nitrogens is 1. The molecule has 3 rings (SSSR count). The fourth-order valence-electron chi connectivity index (χ4n) is 2.33. The van der Waals surface area contributed by atoms with E-state index in [2.05, 4.69) is 17.2 Å². The first-order valence-electron chi connectivity index (χ1n) is 7.77. The molecular formula is C19H18N2O2S. The van der Waals surface area contributed by atoms with Crippen LogP contribution in [0.2, 0.25) is 0 Å². The molecule has 1 aromatic carbocycles. The lowest BCUT2D eigenvalue weighted by Crippen LogP contribution is -2.15. The molecule has 24 heavy (non-hydrogen) atoms. The highest BCUT2D eigenvalue weighted by Gasteiger charge is 2.09. The van der Waals surface area contributed by atoms with Gasteiger partial charge in [0.25, 0.3) is 0 Å². The summed E-state index contributed by atoms with van der Waals surface area (Å²) in [5.41, 5.74) is 2.93. The number of hydrogen-bond acceptors (Lipinski definition) is 4. The summed E-state index contributed by atoms with van der Waals surface area (Å²) < 4.78 is 5.76. The van der Waals surface area contributed by atoms with Crippen LogP contribution < -0.4 is 5.32 Å². The van der Waals surface area contributed by atoms with Crippen molar-refractivity contribution in [3.8, 4) is 11.3 Å². The van der Waals surface area contributed by atoms with E-state index in [0.717, 1.165) is 29.0 Å². The summed E-state index contributed by atoms with van der Waals surface area (Å²) in [6, 6.07) is 15.4. The molecule has 1 N–H and O–H groups in total. The Morgan fingerprint density at radius 1 is 1.17 bits per heavy atom. The van der Waals surface area contributed by atoms with Gasteiger partial charge in [-0.1, -0.05) is 36.9 Å². The lowest BCUT2D eigenvalue weighted by molar-refractivity contribution is -0.113. The van der Waals surface area contributed by atoms with E-state index in [9.17, 15) is 4.79 Å². The summed E-state index contributed by atoms with van der Waals surface area (Å²) in [6.45, 7) is 2.07. The number of anilines is 1. The molecule has 0 unspecified atom stereocenters. The fourth-order valence-corrected chi connectivity index (χ4v) is 2.99. The van der Waals surface area contributed by atoms with Crippen molar-refractivity contribution in [2.75, 3.05) is 11.1 Å². The highest BCUT2D eigenvalue weighted by atomic mass is 32.2. The van der Waals surface area contributed by atoms with Crippen LogP contribution in [-0.2, 0) is 11.2 Å². The number of aryl methyl sites for hydroxylation is 1. The van der Waals surface area contributed by atoms with Gasteiger partial charge < -0.3 is 9.73 Å². The number of nitrogens with zero attached hydrogens (tertiary/aromatic N) is 1. The van der Waals surface area contributed by atoms with Gasteiger partial charge in [-0.15, -0.1) is 0 Å². The third-order valence-electron chi connectivity index (χ3n) is 3.55. The zero-order valence-corrected chi connectivity index (χ0v) is 14.2. The molecule has 0 saturated heterocycles. The predicted octanol–water partition coefficient (Wildman–Crippen LogP) is 4.63. The first kappa shape index (κ1) is 16.3. The number of furan rings is 1.